The number of aryl methyl sites for hydroxylation is 1. The molecular formula is C32H36ClF2N5O3. The largest absolute Gasteiger partial charge is 0.354 e. The van der Waals surface area contributed by atoms with Crippen LogP contribution in [0, 0.1) is 23.5 Å². The molecule has 1 aromatic heterocycles. The minimum atomic E-state index is -0.703. The standard InChI is InChI=1S/C32H36ClF2N5O3/c1-20(2)31(42)40-16-15-38(14-4-5-28(40)21-6-8-22(33)9-7-21)32(43)26-19-39(29-12-13-30(41)37(3)36-29)18-25(26)24-11-10-23(34)17-27(24)35/h6-13,17,20,25-26,28H,4-5,14-16,18-19H2,1-3H3/t25-,26+,28-/m0/s1. The number of aromatic nitrogens is 2. The Labute approximate surface area is 254 Å². The number of hydrogen-bond donors (Lipinski definition) is 0. The topological polar surface area (TPSA) is 78.8 Å². The highest BCUT2D eigenvalue weighted by Gasteiger charge is 2.43. The second-order valence-electron chi connectivity index (χ2n) is 11.7. The summed E-state index contributed by atoms with van der Waals surface area (Å²) in [5.74, 6) is -2.46. The number of halogens is 3. The Balaban J connectivity index is 1.42. The highest BCUT2D eigenvalue weighted by atomic mass is 35.5. The summed E-state index contributed by atoms with van der Waals surface area (Å²) in [6.45, 7) is 5.42. The molecule has 228 valence electrons. The fourth-order valence-corrected chi connectivity index (χ4v) is 6.35. The molecule has 0 unspecified atom stereocenters. The van der Waals surface area contributed by atoms with Crippen molar-refractivity contribution in [1.82, 2.24) is 19.6 Å². The van der Waals surface area contributed by atoms with Crippen molar-refractivity contribution in [3.05, 3.63) is 92.7 Å². The van der Waals surface area contributed by atoms with Crippen LogP contribution in [0.15, 0.2) is 59.4 Å². The third-order valence-corrected chi connectivity index (χ3v) is 8.76. The van der Waals surface area contributed by atoms with E-state index in [9.17, 15) is 18.8 Å². The van der Waals surface area contributed by atoms with Crippen LogP contribution in [0.1, 0.15) is 49.8 Å². The van der Waals surface area contributed by atoms with E-state index in [1.807, 2.05) is 47.9 Å². The van der Waals surface area contributed by atoms with Crippen molar-refractivity contribution in [3.8, 4) is 0 Å². The van der Waals surface area contributed by atoms with Crippen LogP contribution in [-0.2, 0) is 16.6 Å². The molecule has 2 aromatic carbocycles. The first kappa shape index (κ1) is 30.7. The Morgan fingerprint density at radius 2 is 1.72 bits per heavy atom. The zero-order chi connectivity index (χ0) is 30.8. The first-order valence-corrected chi connectivity index (χ1v) is 15.0. The average Bonchev–Trinajstić information content (AvgIpc) is 3.40. The van der Waals surface area contributed by atoms with Crippen molar-refractivity contribution in [1.29, 1.82) is 0 Å². The maximum atomic E-state index is 15.1. The monoisotopic (exact) mass is 611 g/mol. The van der Waals surface area contributed by atoms with Crippen LogP contribution in [0.3, 0.4) is 0 Å². The highest BCUT2D eigenvalue weighted by Crippen LogP contribution is 2.38. The van der Waals surface area contributed by atoms with E-state index >= 15 is 4.39 Å². The summed E-state index contributed by atoms with van der Waals surface area (Å²) in [6, 6.07) is 13.8. The SMILES string of the molecule is CC(C)C(=O)N1CCN(C(=O)[C@@H]2CN(c3ccc(=O)n(C)n3)C[C@H]2c2ccc(F)cc2F)CCC[C@H]1c1ccc(Cl)cc1. The Morgan fingerprint density at radius 3 is 2.40 bits per heavy atom. The molecule has 2 aliphatic heterocycles. The molecular weight excluding hydrogens is 576 g/mol. The van der Waals surface area contributed by atoms with Crippen molar-refractivity contribution in [2.24, 2.45) is 18.9 Å². The van der Waals surface area contributed by atoms with Gasteiger partial charge in [-0.25, -0.2) is 13.5 Å². The van der Waals surface area contributed by atoms with Gasteiger partial charge in [0, 0.05) is 68.8 Å². The van der Waals surface area contributed by atoms with Crippen LogP contribution in [-0.4, -0.2) is 64.1 Å². The lowest BCUT2D eigenvalue weighted by atomic mass is 9.87. The predicted octanol–water partition coefficient (Wildman–Crippen LogP) is 4.78. The van der Waals surface area contributed by atoms with Gasteiger partial charge in [0.05, 0.1) is 12.0 Å². The first-order valence-electron chi connectivity index (χ1n) is 14.6. The molecule has 0 radical (unpaired) electrons. The van der Waals surface area contributed by atoms with Crippen LogP contribution < -0.4 is 10.5 Å². The van der Waals surface area contributed by atoms with E-state index in [4.69, 9.17) is 11.6 Å². The second-order valence-corrected chi connectivity index (χ2v) is 12.1. The number of rotatable bonds is 5. The maximum Gasteiger partial charge on any atom is 0.266 e. The average molecular weight is 612 g/mol. The number of anilines is 1. The van der Waals surface area contributed by atoms with E-state index in [1.165, 1.54) is 22.9 Å². The summed E-state index contributed by atoms with van der Waals surface area (Å²) in [5, 5.41) is 4.96. The van der Waals surface area contributed by atoms with Crippen molar-refractivity contribution >= 4 is 29.2 Å². The molecule has 0 saturated carbocycles. The van der Waals surface area contributed by atoms with Crippen molar-refractivity contribution < 1.29 is 18.4 Å². The number of nitrogens with zero attached hydrogens (tertiary/aromatic N) is 5. The molecule has 0 spiro atoms. The van der Waals surface area contributed by atoms with Gasteiger partial charge in [-0.3, -0.25) is 14.4 Å². The summed E-state index contributed by atoms with van der Waals surface area (Å²) in [6.07, 6.45) is 1.33. The molecule has 43 heavy (non-hydrogen) atoms. The molecule has 2 amide bonds. The Morgan fingerprint density at radius 1 is 0.977 bits per heavy atom. The quantitative estimate of drug-likeness (QED) is 0.415. The summed E-state index contributed by atoms with van der Waals surface area (Å²) in [5.41, 5.74) is 0.995. The lowest BCUT2D eigenvalue weighted by molar-refractivity contribution is -0.142. The second kappa shape index (κ2) is 12.8. The number of benzene rings is 2. The van der Waals surface area contributed by atoms with E-state index < -0.39 is 23.5 Å². The lowest BCUT2D eigenvalue weighted by Crippen LogP contribution is -2.48. The van der Waals surface area contributed by atoms with Crippen LogP contribution >= 0.6 is 11.6 Å². The lowest BCUT2D eigenvalue weighted by Gasteiger charge is -2.39. The number of carbonyl (C=O) groups excluding carboxylic acids is 2. The van der Waals surface area contributed by atoms with E-state index in [2.05, 4.69) is 5.10 Å². The molecule has 3 atom stereocenters. The zero-order valence-electron chi connectivity index (χ0n) is 24.6. The van der Waals surface area contributed by atoms with Crippen LogP contribution in [0.25, 0.3) is 0 Å². The number of amides is 2. The summed E-state index contributed by atoms with van der Waals surface area (Å²) in [7, 11) is 1.55. The van der Waals surface area contributed by atoms with Gasteiger partial charge in [0.15, 0.2) is 0 Å². The Kier molecular flexibility index (Phi) is 9.15. The third-order valence-electron chi connectivity index (χ3n) is 8.51. The zero-order valence-corrected chi connectivity index (χ0v) is 25.3. The molecule has 0 aliphatic carbocycles. The van der Waals surface area contributed by atoms with Gasteiger partial charge in [-0.2, -0.15) is 5.10 Å². The highest BCUT2D eigenvalue weighted by molar-refractivity contribution is 6.30. The molecule has 2 saturated heterocycles. The third kappa shape index (κ3) is 6.59. The van der Waals surface area contributed by atoms with Gasteiger partial charge in [-0.05, 0) is 48.2 Å². The van der Waals surface area contributed by atoms with Crippen LogP contribution in [0.2, 0.25) is 5.02 Å². The normalized spacial score (nSPS) is 21.2. The van der Waals surface area contributed by atoms with Gasteiger partial charge in [0.1, 0.15) is 17.5 Å². The van der Waals surface area contributed by atoms with Gasteiger partial charge in [-0.15, -0.1) is 0 Å². The molecule has 0 bridgehead atoms. The van der Waals surface area contributed by atoms with Crippen LogP contribution in [0.5, 0.6) is 0 Å². The number of carbonyl (C=O) groups is 2. The van der Waals surface area contributed by atoms with Gasteiger partial charge in [0.2, 0.25) is 11.8 Å². The van der Waals surface area contributed by atoms with Crippen molar-refractivity contribution in [2.75, 3.05) is 37.6 Å². The maximum absolute atomic E-state index is 15.1. The molecule has 11 heteroatoms. The molecule has 2 aliphatic rings. The fourth-order valence-electron chi connectivity index (χ4n) is 6.23. The Hall–Kier alpha value is -3.79. The summed E-state index contributed by atoms with van der Waals surface area (Å²) in [4.78, 5) is 45.1. The smallest absolute Gasteiger partial charge is 0.266 e. The van der Waals surface area contributed by atoms with Gasteiger partial charge < -0.3 is 14.7 Å². The summed E-state index contributed by atoms with van der Waals surface area (Å²) >= 11 is 6.12. The molecule has 2 fully saturated rings. The molecule has 3 heterocycles. The van der Waals surface area contributed by atoms with Gasteiger partial charge >= 0.3 is 0 Å². The van der Waals surface area contributed by atoms with Crippen molar-refractivity contribution in [3.63, 3.8) is 0 Å². The van der Waals surface area contributed by atoms with E-state index in [0.717, 1.165) is 11.6 Å². The first-order chi connectivity index (χ1) is 20.5. The minimum absolute atomic E-state index is 0.00770. The fraction of sp³-hybridized carbons (Fsp3) is 0.438. The van der Waals surface area contributed by atoms with Crippen molar-refractivity contribution in [2.45, 2.75) is 38.6 Å². The molecule has 3 aromatic rings. The Bertz CT molecular complexity index is 1550. The molecule has 5 rings (SSSR count). The van der Waals surface area contributed by atoms with E-state index in [1.54, 1.807) is 18.0 Å². The minimum Gasteiger partial charge on any atom is -0.354 e. The van der Waals surface area contributed by atoms with Gasteiger partial charge in [0.25, 0.3) is 5.56 Å². The molecule has 0 N–H and O–H groups in total. The number of hydrogen-bond acceptors (Lipinski definition) is 5. The van der Waals surface area contributed by atoms with Crippen LogP contribution in [0.4, 0.5) is 14.6 Å². The summed E-state index contributed by atoms with van der Waals surface area (Å²) < 4.78 is 30.1. The van der Waals surface area contributed by atoms with E-state index in [-0.39, 0.29) is 48.0 Å². The molecule has 8 nitrogen and oxygen atoms in total. The van der Waals surface area contributed by atoms with E-state index in [0.29, 0.717) is 43.3 Å². The predicted molar refractivity (Wildman–Crippen MR) is 161 cm³/mol. The van der Waals surface area contributed by atoms with Gasteiger partial charge in [-0.1, -0.05) is 43.6 Å².